The van der Waals surface area contributed by atoms with Gasteiger partial charge in [0.1, 0.15) is 5.82 Å². The average Bonchev–Trinajstić information content (AvgIpc) is 3.14. The molecule has 2 aromatic heterocycles. The Balaban J connectivity index is 1.46. The molecule has 0 aliphatic rings. The van der Waals surface area contributed by atoms with Gasteiger partial charge in [-0.3, -0.25) is 4.79 Å². The second kappa shape index (κ2) is 7.56. The Kier molecular flexibility index (Phi) is 5.02. The highest BCUT2D eigenvalue weighted by atomic mass is 35.5. The lowest BCUT2D eigenvalue weighted by Crippen LogP contribution is -2.28. The number of hydrogen-bond acceptors (Lipinski definition) is 5. The van der Waals surface area contributed by atoms with E-state index in [0.29, 0.717) is 35.3 Å². The minimum absolute atomic E-state index is 0.167. The quantitative estimate of drug-likeness (QED) is 0.670. The summed E-state index contributed by atoms with van der Waals surface area (Å²) in [6.45, 7) is 0.982. The Bertz CT molecular complexity index is 804. The van der Waals surface area contributed by atoms with Crippen LogP contribution >= 0.6 is 11.6 Å². The maximum atomic E-state index is 11.9. The van der Waals surface area contributed by atoms with Gasteiger partial charge in [0, 0.05) is 36.1 Å². The molecular weight excluding hydrogens is 328 g/mol. The summed E-state index contributed by atoms with van der Waals surface area (Å²) in [4.78, 5) is 11.9. The molecule has 122 valence electrons. The molecule has 7 nitrogen and oxygen atoms in total. The third-order valence-electron chi connectivity index (χ3n) is 3.19. The van der Waals surface area contributed by atoms with Crippen molar-refractivity contribution >= 4 is 23.3 Å². The van der Waals surface area contributed by atoms with E-state index < -0.39 is 0 Å². The topological polar surface area (TPSA) is 84.7 Å². The Hall–Kier alpha value is -2.93. The fourth-order valence-electron chi connectivity index (χ4n) is 2.04. The van der Waals surface area contributed by atoms with Crippen LogP contribution in [0.15, 0.2) is 54.9 Å². The van der Waals surface area contributed by atoms with Gasteiger partial charge in [-0.2, -0.15) is 5.10 Å². The lowest BCUT2D eigenvalue weighted by Gasteiger charge is -2.08. The number of rotatable bonds is 6. The molecule has 3 rings (SSSR count). The number of carbonyl (C=O) groups excluding carboxylic acids is 1. The smallest absolute Gasteiger partial charge is 0.251 e. The highest BCUT2D eigenvalue weighted by molar-refractivity contribution is 6.30. The van der Waals surface area contributed by atoms with E-state index in [2.05, 4.69) is 25.9 Å². The van der Waals surface area contributed by atoms with Gasteiger partial charge in [-0.1, -0.05) is 17.7 Å². The van der Waals surface area contributed by atoms with Crippen LogP contribution in [0.2, 0.25) is 5.02 Å². The molecule has 0 saturated carbocycles. The maximum absolute atomic E-state index is 11.9. The lowest BCUT2D eigenvalue weighted by molar-refractivity contribution is 0.0955. The zero-order valence-electron chi connectivity index (χ0n) is 12.7. The SMILES string of the molecule is O=C(NCCNc1ccc(-n2cccn2)nn1)c1cccc(Cl)c1. The van der Waals surface area contributed by atoms with Crippen molar-refractivity contribution in [2.24, 2.45) is 0 Å². The first-order valence-electron chi connectivity index (χ1n) is 7.34. The molecule has 0 spiro atoms. The Labute approximate surface area is 143 Å². The van der Waals surface area contributed by atoms with Crippen LogP contribution in [-0.4, -0.2) is 39.0 Å². The number of anilines is 1. The maximum Gasteiger partial charge on any atom is 0.251 e. The van der Waals surface area contributed by atoms with Crippen molar-refractivity contribution in [1.82, 2.24) is 25.3 Å². The largest absolute Gasteiger partial charge is 0.367 e. The van der Waals surface area contributed by atoms with Gasteiger partial charge >= 0.3 is 0 Å². The van der Waals surface area contributed by atoms with Gasteiger partial charge in [0.05, 0.1) is 0 Å². The van der Waals surface area contributed by atoms with Crippen LogP contribution in [0.3, 0.4) is 0 Å². The number of halogens is 1. The molecule has 1 amide bonds. The molecule has 0 saturated heterocycles. The van der Waals surface area contributed by atoms with E-state index >= 15 is 0 Å². The molecule has 0 bridgehead atoms. The summed E-state index contributed by atoms with van der Waals surface area (Å²) in [6.07, 6.45) is 3.47. The number of hydrogen-bond donors (Lipinski definition) is 2. The van der Waals surface area contributed by atoms with E-state index in [9.17, 15) is 4.79 Å². The average molecular weight is 343 g/mol. The number of nitrogens with zero attached hydrogens (tertiary/aromatic N) is 4. The molecule has 0 aliphatic heterocycles. The van der Waals surface area contributed by atoms with Crippen LogP contribution in [0.1, 0.15) is 10.4 Å². The van der Waals surface area contributed by atoms with Crippen molar-refractivity contribution in [1.29, 1.82) is 0 Å². The Morgan fingerprint density at radius 2 is 2.04 bits per heavy atom. The minimum atomic E-state index is -0.167. The Morgan fingerprint density at radius 1 is 1.12 bits per heavy atom. The van der Waals surface area contributed by atoms with Crippen LogP contribution in [-0.2, 0) is 0 Å². The number of aromatic nitrogens is 4. The molecule has 3 aromatic rings. The summed E-state index contributed by atoms with van der Waals surface area (Å²) in [5, 5.41) is 18.7. The van der Waals surface area contributed by atoms with Crippen molar-refractivity contribution in [2.75, 3.05) is 18.4 Å². The predicted molar refractivity (Wildman–Crippen MR) is 91.4 cm³/mol. The van der Waals surface area contributed by atoms with Gasteiger partial charge < -0.3 is 10.6 Å². The van der Waals surface area contributed by atoms with Gasteiger partial charge in [0.15, 0.2) is 5.82 Å². The fourth-order valence-corrected chi connectivity index (χ4v) is 2.23. The van der Waals surface area contributed by atoms with Gasteiger partial charge in [-0.05, 0) is 36.4 Å². The van der Waals surface area contributed by atoms with E-state index in [1.807, 2.05) is 18.2 Å². The van der Waals surface area contributed by atoms with Crippen molar-refractivity contribution in [3.8, 4) is 5.82 Å². The number of benzene rings is 1. The highest BCUT2D eigenvalue weighted by Crippen LogP contribution is 2.10. The molecule has 1 aromatic carbocycles. The first kappa shape index (κ1) is 15.9. The number of carbonyl (C=O) groups is 1. The third kappa shape index (κ3) is 4.08. The normalized spacial score (nSPS) is 10.4. The molecule has 8 heteroatoms. The second-order valence-electron chi connectivity index (χ2n) is 4.92. The summed E-state index contributed by atoms with van der Waals surface area (Å²) >= 11 is 5.87. The first-order chi connectivity index (χ1) is 11.7. The molecule has 0 aliphatic carbocycles. The standard InChI is InChI=1S/C16H15ClN6O/c17-13-4-1-3-12(11-13)16(24)19-9-8-18-14-5-6-15(22-21-14)23-10-2-7-20-23/h1-7,10-11H,8-9H2,(H,18,21)(H,19,24). The number of nitrogens with one attached hydrogen (secondary N) is 2. The second-order valence-corrected chi connectivity index (χ2v) is 5.36. The monoisotopic (exact) mass is 342 g/mol. The van der Waals surface area contributed by atoms with Crippen LogP contribution in [0.4, 0.5) is 5.82 Å². The first-order valence-corrected chi connectivity index (χ1v) is 7.71. The van der Waals surface area contributed by atoms with Gasteiger partial charge in [-0.15, -0.1) is 10.2 Å². The van der Waals surface area contributed by atoms with E-state index in [-0.39, 0.29) is 5.91 Å². The highest BCUT2D eigenvalue weighted by Gasteiger charge is 2.05. The molecule has 2 N–H and O–H groups in total. The molecule has 24 heavy (non-hydrogen) atoms. The van der Waals surface area contributed by atoms with Gasteiger partial charge in [0.2, 0.25) is 0 Å². The van der Waals surface area contributed by atoms with Gasteiger partial charge in [-0.25, -0.2) is 4.68 Å². The summed E-state index contributed by atoms with van der Waals surface area (Å²) in [5.41, 5.74) is 0.533. The zero-order chi connectivity index (χ0) is 16.8. The molecule has 0 radical (unpaired) electrons. The van der Waals surface area contributed by atoms with E-state index in [1.165, 1.54) is 0 Å². The van der Waals surface area contributed by atoms with Crippen molar-refractivity contribution in [3.63, 3.8) is 0 Å². The zero-order valence-corrected chi connectivity index (χ0v) is 13.4. The van der Waals surface area contributed by atoms with Crippen LogP contribution in [0, 0.1) is 0 Å². The van der Waals surface area contributed by atoms with Crippen molar-refractivity contribution < 1.29 is 4.79 Å². The summed E-state index contributed by atoms with van der Waals surface area (Å²) in [7, 11) is 0. The van der Waals surface area contributed by atoms with Gasteiger partial charge in [0.25, 0.3) is 5.91 Å². The van der Waals surface area contributed by atoms with Crippen LogP contribution in [0.25, 0.3) is 5.82 Å². The third-order valence-corrected chi connectivity index (χ3v) is 3.43. The van der Waals surface area contributed by atoms with Crippen LogP contribution in [0.5, 0.6) is 0 Å². The predicted octanol–water partition coefficient (Wildman–Crippen LogP) is 2.16. The summed E-state index contributed by atoms with van der Waals surface area (Å²) in [5.74, 6) is 1.10. The number of amides is 1. The molecular formula is C16H15ClN6O. The van der Waals surface area contributed by atoms with E-state index in [1.54, 1.807) is 41.3 Å². The van der Waals surface area contributed by atoms with E-state index in [4.69, 9.17) is 11.6 Å². The Morgan fingerprint density at radius 3 is 2.75 bits per heavy atom. The molecule has 0 unspecified atom stereocenters. The summed E-state index contributed by atoms with van der Waals surface area (Å²) < 4.78 is 1.63. The van der Waals surface area contributed by atoms with Crippen molar-refractivity contribution in [2.45, 2.75) is 0 Å². The molecule has 2 heterocycles. The molecule has 0 atom stereocenters. The fraction of sp³-hybridized carbons (Fsp3) is 0.125. The minimum Gasteiger partial charge on any atom is -0.367 e. The molecule has 0 fully saturated rings. The lowest BCUT2D eigenvalue weighted by atomic mass is 10.2. The summed E-state index contributed by atoms with van der Waals surface area (Å²) in [6, 6.07) is 12.3. The van der Waals surface area contributed by atoms with Crippen LogP contribution < -0.4 is 10.6 Å². The van der Waals surface area contributed by atoms with E-state index in [0.717, 1.165) is 0 Å². The van der Waals surface area contributed by atoms with Crippen molar-refractivity contribution in [3.05, 3.63) is 65.4 Å².